The van der Waals surface area contributed by atoms with E-state index in [1.807, 2.05) is 61.5 Å². The molecule has 4 aromatic rings. The van der Waals surface area contributed by atoms with Crippen LogP contribution in [0.3, 0.4) is 0 Å². The zero-order valence-electron chi connectivity index (χ0n) is 23.4. The molecular weight excluding hydrogens is 576 g/mol. The molecule has 0 unspecified atom stereocenters. The molecular formula is C32H33ClN2O6S. The van der Waals surface area contributed by atoms with Crippen LogP contribution in [0.5, 0.6) is 17.2 Å². The van der Waals surface area contributed by atoms with Crippen molar-refractivity contribution >= 4 is 39.0 Å². The molecule has 2 N–H and O–H groups in total. The Morgan fingerprint density at radius 2 is 1.57 bits per heavy atom. The minimum Gasteiger partial charge on any atom is -0.492 e. The first-order valence-electron chi connectivity index (χ1n) is 13.3. The second-order valence-electron chi connectivity index (χ2n) is 9.85. The summed E-state index contributed by atoms with van der Waals surface area (Å²) in [7, 11) is -3.42. The number of ether oxygens (including phenoxy) is 2. The molecule has 0 saturated heterocycles. The Bertz CT molecular complexity index is 1610. The molecule has 220 valence electrons. The molecule has 0 spiro atoms. The van der Waals surface area contributed by atoms with Gasteiger partial charge in [0.15, 0.2) is 0 Å². The number of nitrogens with zero attached hydrogens (tertiary/aromatic N) is 1. The monoisotopic (exact) mass is 608 g/mol. The third kappa shape index (κ3) is 9.15. The Kier molecular flexibility index (Phi) is 10.3. The molecule has 0 saturated carbocycles. The lowest BCUT2D eigenvalue weighted by Gasteiger charge is -2.28. The van der Waals surface area contributed by atoms with E-state index in [9.17, 15) is 13.2 Å². The normalized spacial score (nSPS) is 11.1. The quantitative estimate of drug-likeness (QED) is 0.145. The molecule has 0 aliphatic carbocycles. The van der Waals surface area contributed by atoms with Gasteiger partial charge < -0.3 is 19.5 Å². The van der Waals surface area contributed by atoms with E-state index >= 15 is 0 Å². The third-order valence-corrected chi connectivity index (χ3v) is 7.29. The molecule has 4 rings (SSSR count). The van der Waals surface area contributed by atoms with Crippen LogP contribution in [0.15, 0.2) is 91.0 Å². The molecule has 0 atom stereocenters. The summed E-state index contributed by atoms with van der Waals surface area (Å²) >= 11 is 6.24. The fraction of sp³-hybridized carbons (Fsp3) is 0.219. The fourth-order valence-electron chi connectivity index (χ4n) is 4.39. The highest BCUT2D eigenvalue weighted by Gasteiger charge is 2.15. The number of hydrogen-bond acceptors (Lipinski definition) is 6. The van der Waals surface area contributed by atoms with Gasteiger partial charge >= 0.3 is 5.97 Å². The molecule has 42 heavy (non-hydrogen) atoms. The van der Waals surface area contributed by atoms with Gasteiger partial charge in [-0.05, 0) is 66.4 Å². The van der Waals surface area contributed by atoms with Crippen LogP contribution < -0.4 is 19.1 Å². The van der Waals surface area contributed by atoms with E-state index in [0.717, 1.165) is 28.6 Å². The number of carbonyl (C=O) groups is 1. The first-order chi connectivity index (χ1) is 20.1. The highest BCUT2D eigenvalue weighted by Crippen LogP contribution is 2.33. The molecule has 0 fully saturated rings. The Balaban J connectivity index is 1.50. The van der Waals surface area contributed by atoms with Crippen LogP contribution in [0, 0.1) is 6.92 Å². The smallest absolute Gasteiger partial charge is 0.303 e. The summed E-state index contributed by atoms with van der Waals surface area (Å²) in [6, 6.07) is 28.5. The molecule has 0 aromatic heterocycles. The third-order valence-electron chi connectivity index (χ3n) is 6.39. The van der Waals surface area contributed by atoms with Crippen molar-refractivity contribution in [2.45, 2.75) is 32.9 Å². The maximum absolute atomic E-state index is 11.9. The highest BCUT2D eigenvalue weighted by atomic mass is 35.5. The van der Waals surface area contributed by atoms with Crippen LogP contribution in [0.4, 0.5) is 11.4 Å². The van der Waals surface area contributed by atoms with E-state index in [0.29, 0.717) is 47.5 Å². The Morgan fingerprint density at radius 3 is 2.24 bits per heavy atom. The predicted molar refractivity (Wildman–Crippen MR) is 166 cm³/mol. The van der Waals surface area contributed by atoms with E-state index < -0.39 is 16.0 Å². The van der Waals surface area contributed by atoms with Gasteiger partial charge in [0, 0.05) is 31.3 Å². The molecule has 0 heterocycles. The molecule has 0 bridgehead atoms. The van der Waals surface area contributed by atoms with Crippen molar-refractivity contribution in [2.24, 2.45) is 0 Å². The summed E-state index contributed by atoms with van der Waals surface area (Å²) in [5.41, 5.74) is 4.47. The van der Waals surface area contributed by atoms with E-state index in [-0.39, 0.29) is 13.0 Å². The standard InChI is InChI=1S/C32H33ClN2O6S/c1-23-29(34-42(2,38)39)10-6-11-30(23)35(21-24-8-4-3-5-9-24)22-25-13-15-26(16-14-25)41-27-17-18-28(33)31(20-27)40-19-7-12-32(36)37/h3-6,8-11,13-18,20,34H,7,12,19,21-22H2,1-2H3,(H,36,37). The van der Waals surface area contributed by atoms with E-state index in [1.54, 1.807) is 24.3 Å². The number of benzene rings is 4. The average molecular weight is 609 g/mol. The minimum absolute atomic E-state index is 0.0193. The zero-order chi connectivity index (χ0) is 30.1. The molecule has 0 radical (unpaired) electrons. The maximum atomic E-state index is 11.9. The van der Waals surface area contributed by atoms with Crippen molar-refractivity contribution < 1.29 is 27.8 Å². The van der Waals surface area contributed by atoms with Crippen LogP contribution in [-0.2, 0) is 27.9 Å². The van der Waals surface area contributed by atoms with E-state index in [2.05, 4.69) is 21.8 Å². The predicted octanol–water partition coefficient (Wildman–Crippen LogP) is 7.26. The lowest BCUT2D eigenvalue weighted by Crippen LogP contribution is -2.23. The number of hydrogen-bond donors (Lipinski definition) is 2. The van der Waals surface area contributed by atoms with Crippen LogP contribution in [-0.4, -0.2) is 32.4 Å². The van der Waals surface area contributed by atoms with Crippen LogP contribution in [0.1, 0.15) is 29.5 Å². The molecule has 10 heteroatoms. The second-order valence-corrected chi connectivity index (χ2v) is 12.0. The lowest BCUT2D eigenvalue weighted by molar-refractivity contribution is -0.137. The Morgan fingerprint density at radius 1 is 0.905 bits per heavy atom. The largest absolute Gasteiger partial charge is 0.492 e. The van der Waals surface area contributed by atoms with Gasteiger partial charge in [0.1, 0.15) is 17.2 Å². The van der Waals surface area contributed by atoms with Gasteiger partial charge in [-0.25, -0.2) is 8.42 Å². The van der Waals surface area contributed by atoms with Crippen molar-refractivity contribution in [3.8, 4) is 17.2 Å². The SMILES string of the molecule is Cc1c(NS(C)(=O)=O)cccc1N(Cc1ccccc1)Cc1ccc(Oc2ccc(Cl)c(OCCCC(=O)O)c2)cc1. The van der Waals surface area contributed by atoms with Gasteiger partial charge in [-0.3, -0.25) is 9.52 Å². The number of anilines is 2. The summed E-state index contributed by atoms with van der Waals surface area (Å²) in [6.07, 6.45) is 1.54. The summed E-state index contributed by atoms with van der Waals surface area (Å²) in [6.45, 7) is 3.35. The van der Waals surface area contributed by atoms with Gasteiger partial charge in [-0.2, -0.15) is 0 Å². The number of carboxylic acids is 1. The van der Waals surface area contributed by atoms with E-state index in [1.165, 1.54) is 0 Å². The second kappa shape index (κ2) is 14.1. The van der Waals surface area contributed by atoms with E-state index in [4.69, 9.17) is 26.2 Å². The molecule has 0 aliphatic heterocycles. The summed E-state index contributed by atoms with van der Waals surface area (Å²) in [5.74, 6) is 0.719. The Labute approximate surface area is 251 Å². The van der Waals surface area contributed by atoms with Crippen molar-refractivity contribution in [2.75, 3.05) is 22.5 Å². The van der Waals surface area contributed by atoms with Gasteiger partial charge in [0.25, 0.3) is 0 Å². The topological polar surface area (TPSA) is 105 Å². The number of carboxylic acid groups (broad SMARTS) is 1. The molecule has 0 amide bonds. The van der Waals surface area contributed by atoms with Gasteiger partial charge in [-0.15, -0.1) is 0 Å². The number of rotatable bonds is 14. The minimum atomic E-state index is -3.42. The number of nitrogens with one attached hydrogen (secondary N) is 1. The first kappa shape index (κ1) is 30.7. The number of sulfonamides is 1. The summed E-state index contributed by atoms with van der Waals surface area (Å²) in [5, 5.41) is 9.21. The van der Waals surface area contributed by atoms with Crippen molar-refractivity contribution in [1.29, 1.82) is 0 Å². The van der Waals surface area contributed by atoms with Gasteiger partial charge in [0.2, 0.25) is 10.0 Å². The van der Waals surface area contributed by atoms with Crippen LogP contribution >= 0.6 is 11.6 Å². The molecule has 4 aromatic carbocycles. The number of aliphatic carboxylic acids is 1. The van der Waals surface area contributed by atoms with Crippen molar-refractivity contribution in [3.05, 3.63) is 113 Å². The summed E-state index contributed by atoms with van der Waals surface area (Å²) < 4.78 is 38.1. The Hall–Kier alpha value is -4.21. The van der Waals surface area contributed by atoms with Crippen molar-refractivity contribution in [1.82, 2.24) is 0 Å². The van der Waals surface area contributed by atoms with Crippen LogP contribution in [0.2, 0.25) is 5.02 Å². The molecule has 0 aliphatic rings. The number of halogens is 1. The average Bonchev–Trinajstić information content (AvgIpc) is 2.94. The molecule has 8 nitrogen and oxygen atoms in total. The highest BCUT2D eigenvalue weighted by molar-refractivity contribution is 7.92. The van der Waals surface area contributed by atoms with Gasteiger partial charge in [-0.1, -0.05) is 60.1 Å². The van der Waals surface area contributed by atoms with Crippen LogP contribution in [0.25, 0.3) is 0 Å². The van der Waals surface area contributed by atoms with Crippen molar-refractivity contribution in [3.63, 3.8) is 0 Å². The summed E-state index contributed by atoms with van der Waals surface area (Å²) in [4.78, 5) is 12.9. The maximum Gasteiger partial charge on any atom is 0.303 e. The first-order valence-corrected chi connectivity index (χ1v) is 15.6. The lowest BCUT2D eigenvalue weighted by atomic mass is 10.1. The zero-order valence-corrected chi connectivity index (χ0v) is 25.0. The fourth-order valence-corrected chi connectivity index (χ4v) is 5.18. The van der Waals surface area contributed by atoms with Gasteiger partial charge in [0.05, 0.1) is 23.6 Å².